The Morgan fingerprint density at radius 1 is 1.27 bits per heavy atom. The van der Waals surface area contributed by atoms with E-state index in [0.29, 0.717) is 36.0 Å². The normalized spacial score (nSPS) is 12.7. The smallest absolute Gasteiger partial charge is 0.251 e. The Morgan fingerprint density at radius 2 is 2.00 bits per heavy atom. The molecule has 0 bridgehead atoms. The first kappa shape index (κ1) is 15.9. The molecule has 0 aromatic heterocycles. The van der Waals surface area contributed by atoms with Gasteiger partial charge in [0.1, 0.15) is 13.2 Å². The first-order valence-electron chi connectivity index (χ1n) is 7.06. The highest BCUT2D eigenvalue weighted by Gasteiger charge is 2.21. The Bertz CT molecular complexity index is 554. The Hall–Kier alpha value is -2.44. The Morgan fingerprint density at radius 3 is 2.68 bits per heavy atom. The largest absolute Gasteiger partial charge is 0.493 e. The molecular formula is C15H20N2O5. The average Bonchev–Trinajstić information content (AvgIpc) is 2.50. The van der Waals surface area contributed by atoms with Gasteiger partial charge in [-0.2, -0.15) is 0 Å². The van der Waals surface area contributed by atoms with Crippen molar-refractivity contribution < 1.29 is 23.8 Å². The predicted molar refractivity (Wildman–Crippen MR) is 79.6 cm³/mol. The summed E-state index contributed by atoms with van der Waals surface area (Å²) in [5.41, 5.74) is 0.346. The van der Waals surface area contributed by atoms with Gasteiger partial charge in [0.25, 0.3) is 5.91 Å². The van der Waals surface area contributed by atoms with Crippen molar-refractivity contribution in [2.45, 2.75) is 19.9 Å². The molecule has 120 valence electrons. The van der Waals surface area contributed by atoms with E-state index in [4.69, 9.17) is 14.2 Å². The summed E-state index contributed by atoms with van der Waals surface area (Å²) in [4.78, 5) is 23.7. The van der Waals surface area contributed by atoms with Crippen LogP contribution in [0.5, 0.6) is 17.2 Å². The topological polar surface area (TPSA) is 85.9 Å². The lowest BCUT2D eigenvalue weighted by molar-refractivity contribution is -0.120. The summed E-state index contributed by atoms with van der Waals surface area (Å²) in [6.45, 7) is 4.47. The zero-order chi connectivity index (χ0) is 16.1. The third-order valence-corrected chi connectivity index (χ3v) is 2.95. The Kier molecular flexibility index (Phi) is 5.08. The first-order chi connectivity index (χ1) is 10.5. The maximum Gasteiger partial charge on any atom is 0.251 e. The molecule has 1 aliphatic heterocycles. The quantitative estimate of drug-likeness (QED) is 0.837. The number of ether oxygens (including phenoxy) is 3. The van der Waals surface area contributed by atoms with Gasteiger partial charge < -0.3 is 24.8 Å². The minimum absolute atomic E-state index is 0.0267. The Balaban J connectivity index is 2.08. The number of carbonyl (C=O) groups is 2. The van der Waals surface area contributed by atoms with Crippen LogP contribution in [0.1, 0.15) is 24.2 Å². The van der Waals surface area contributed by atoms with Crippen LogP contribution in [-0.2, 0) is 4.79 Å². The van der Waals surface area contributed by atoms with Gasteiger partial charge in [-0.05, 0) is 26.0 Å². The highest BCUT2D eigenvalue weighted by Crippen LogP contribution is 2.40. The monoisotopic (exact) mass is 308 g/mol. The second-order valence-corrected chi connectivity index (χ2v) is 5.11. The molecule has 7 heteroatoms. The van der Waals surface area contributed by atoms with E-state index in [0.717, 1.165) is 0 Å². The van der Waals surface area contributed by atoms with Gasteiger partial charge in [0.05, 0.1) is 13.7 Å². The van der Waals surface area contributed by atoms with Gasteiger partial charge in [-0.15, -0.1) is 0 Å². The zero-order valence-electron chi connectivity index (χ0n) is 12.9. The second-order valence-electron chi connectivity index (χ2n) is 5.11. The number of carbonyl (C=O) groups excluding carboxylic acids is 2. The van der Waals surface area contributed by atoms with Crippen LogP contribution in [0.25, 0.3) is 0 Å². The van der Waals surface area contributed by atoms with Crippen LogP contribution in [0.2, 0.25) is 0 Å². The van der Waals surface area contributed by atoms with Crippen LogP contribution in [0, 0.1) is 0 Å². The molecule has 0 atom stereocenters. The molecule has 0 aliphatic carbocycles. The number of fused-ring (bicyclic) bond motifs is 1. The van der Waals surface area contributed by atoms with Crippen LogP contribution in [0.3, 0.4) is 0 Å². The summed E-state index contributed by atoms with van der Waals surface area (Å²) in [7, 11) is 1.49. The summed E-state index contributed by atoms with van der Waals surface area (Å²) in [6, 6.07) is 3.16. The number of nitrogens with one attached hydrogen (secondary N) is 2. The molecule has 0 saturated heterocycles. The fourth-order valence-electron chi connectivity index (χ4n) is 2.04. The minimum atomic E-state index is -0.380. The first-order valence-corrected chi connectivity index (χ1v) is 7.06. The van der Waals surface area contributed by atoms with E-state index in [1.165, 1.54) is 7.11 Å². The van der Waals surface area contributed by atoms with Crippen molar-refractivity contribution in [3.63, 3.8) is 0 Å². The van der Waals surface area contributed by atoms with E-state index in [1.54, 1.807) is 12.1 Å². The van der Waals surface area contributed by atoms with E-state index in [2.05, 4.69) is 10.6 Å². The van der Waals surface area contributed by atoms with Crippen molar-refractivity contribution in [2.24, 2.45) is 0 Å². The van der Waals surface area contributed by atoms with Gasteiger partial charge in [0, 0.05) is 11.6 Å². The number of methoxy groups -OCH3 is 1. The molecule has 0 fully saturated rings. The SMILES string of the molecule is COc1cc(C(=O)NCC(=O)NC(C)C)cc2c1OCCO2. The fraction of sp³-hybridized carbons (Fsp3) is 0.467. The summed E-state index contributed by atoms with van der Waals surface area (Å²) >= 11 is 0. The van der Waals surface area contributed by atoms with Crippen LogP contribution in [0.4, 0.5) is 0 Å². The van der Waals surface area contributed by atoms with Crippen molar-refractivity contribution in [3.05, 3.63) is 17.7 Å². The maximum atomic E-state index is 12.1. The predicted octanol–water partition coefficient (Wildman–Crippen LogP) is 0.721. The number of hydrogen-bond donors (Lipinski definition) is 2. The van der Waals surface area contributed by atoms with Crippen molar-refractivity contribution in [1.82, 2.24) is 10.6 Å². The lowest BCUT2D eigenvalue weighted by Crippen LogP contribution is -2.39. The molecule has 2 amide bonds. The summed E-state index contributed by atoms with van der Waals surface area (Å²) in [5.74, 6) is 0.751. The van der Waals surface area contributed by atoms with Gasteiger partial charge in [0.2, 0.25) is 11.7 Å². The van der Waals surface area contributed by atoms with Crippen molar-refractivity contribution in [3.8, 4) is 17.2 Å². The molecule has 0 spiro atoms. The Labute approximate surface area is 128 Å². The van der Waals surface area contributed by atoms with E-state index in [-0.39, 0.29) is 24.4 Å². The summed E-state index contributed by atoms with van der Waals surface area (Å²) in [5, 5.41) is 5.26. The van der Waals surface area contributed by atoms with Crippen LogP contribution in [-0.4, -0.2) is 44.7 Å². The van der Waals surface area contributed by atoms with Gasteiger partial charge in [-0.3, -0.25) is 9.59 Å². The number of hydrogen-bond acceptors (Lipinski definition) is 5. The van der Waals surface area contributed by atoms with Crippen LogP contribution >= 0.6 is 0 Å². The summed E-state index contributed by atoms with van der Waals surface area (Å²) < 4.78 is 16.2. The van der Waals surface area contributed by atoms with E-state index in [1.807, 2.05) is 13.8 Å². The fourth-order valence-corrected chi connectivity index (χ4v) is 2.04. The molecule has 0 saturated carbocycles. The van der Waals surface area contributed by atoms with E-state index >= 15 is 0 Å². The molecule has 1 heterocycles. The maximum absolute atomic E-state index is 12.1. The minimum Gasteiger partial charge on any atom is -0.493 e. The molecule has 2 rings (SSSR count). The molecule has 0 radical (unpaired) electrons. The molecule has 1 aliphatic rings. The van der Waals surface area contributed by atoms with Crippen molar-refractivity contribution in [1.29, 1.82) is 0 Å². The molecule has 7 nitrogen and oxygen atoms in total. The molecule has 22 heavy (non-hydrogen) atoms. The number of amides is 2. The second kappa shape index (κ2) is 7.02. The van der Waals surface area contributed by atoms with Crippen LogP contribution < -0.4 is 24.8 Å². The lowest BCUT2D eigenvalue weighted by Gasteiger charge is -2.21. The average molecular weight is 308 g/mol. The van der Waals surface area contributed by atoms with Gasteiger partial charge in [0.15, 0.2) is 11.5 Å². The van der Waals surface area contributed by atoms with E-state index < -0.39 is 0 Å². The van der Waals surface area contributed by atoms with Gasteiger partial charge >= 0.3 is 0 Å². The summed E-state index contributed by atoms with van der Waals surface area (Å²) in [6.07, 6.45) is 0. The van der Waals surface area contributed by atoms with Crippen molar-refractivity contribution in [2.75, 3.05) is 26.9 Å². The number of rotatable bonds is 5. The van der Waals surface area contributed by atoms with Crippen LogP contribution in [0.15, 0.2) is 12.1 Å². The molecule has 2 N–H and O–H groups in total. The molecule has 0 unspecified atom stereocenters. The molecular weight excluding hydrogens is 288 g/mol. The standard InChI is InChI=1S/C15H20N2O5/c1-9(2)17-13(18)8-16-15(19)10-6-11(20-3)14-12(7-10)21-4-5-22-14/h6-7,9H,4-5,8H2,1-3H3,(H,16,19)(H,17,18). The third kappa shape index (κ3) is 3.81. The molecule has 1 aromatic carbocycles. The van der Waals surface area contributed by atoms with Crippen molar-refractivity contribution >= 4 is 11.8 Å². The van der Waals surface area contributed by atoms with Gasteiger partial charge in [-0.25, -0.2) is 0 Å². The lowest BCUT2D eigenvalue weighted by atomic mass is 10.1. The number of benzene rings is 1. The van der Waals surface area contributed by atoms with Gasteiger partial charge in [-0.1, -0.05) is 0 Å². The highest BCUT2D eigenvalue weighted by molar-refractivity contribution is 5.97. The van der Waals surface area contributed by atoms with E-state index in [9.17, 15) is 9.59 Å². The third-order valence-electron chi connectivity index (χ3n) is 2.95. The molecule has 1 aromatic rings. The highest BCUT2D eigenvalue weighted by atomic mass is 16.6. The zero-order valence-corrected chi connectivity index (χ0v) is 12.9.